The molecule has 0 aliphatic rings. The number of ether oxygens (including phenoxy) is 1. The minimum absolute atomic E-state index is 0.409. The third-order valence-electron chi connectivity index (χ3n) is 1.34. The van der Waals surface area contributed by atoms with E-state index in [2.05, 4.69) is 10.5 Å². The van der Waals surface area contributed by atoms with Gasteiger partial charge in [-0.2, -0.15) is 8.78 Å². The second-order valence-corrected chi connectivity index (χ2v) is 2.30. The van der Waals surface area contributed by atoms with E-state index in [1.54, 1.807) is 6.07 Å². The Kier molecular flexibility index (Phi) is 2.46. The fourth-order valence-electron chi connectivity index (χ4n) is 0.817. The van der Waals surface area contributed by atoms with Crippen molar-refractivity contribution in [1.29, 1.82) is 0 Å². The van der Waals surface area contributed by atoms with Gasteiger partial charge in [-0.1, -0.05) is 18.2 Å². The lowest BCUT2D eigenvalue weighted by Crippen LogP contribution is -2.26. The van der Waals surface area contributed by atoms with E-state index in [1.165, 1.54) is 12.1 Å². The summed E-state index contributed by atoms with van der Waals surface area (Å²) in [5, 5.41) is 0. The summed E-state index contributed by atoms with van der Waals surface area (Å²) in [6, 6.07) is 6.68. The maximum atomic E-state index is 12.9. The van der Waals surface area contributed by atoms with Crippen LogP contribution in [0, 0.1) is 0 Å². The Bertz CT molecular complexity index is 300. The standard InChI is InChI=1S/C8H7F2NO2/c9-8(10,13-7(11)12)6-4-2-1-3-5-6/h1-5H,(H2,11,12). The molecule has 0 spiro atoms. The normalized spacial score (nSPS) is 10.9. The molecular weight excluding hydrogens is 180 g/mol. The van der Waals surface area contributed by atoms with Crippen LogP contribution in [0.1, 0.15) is 5.56 Å². The maximum Gasteiger partial charge on any atom is 0.429 e. The highest BCUT2D eigenvalue weighted by Gasteiger charge is 2.35. The van der Waals surface area contributed by atoms with Gasteiger partial charge in [-0.15, -0.1) is 0 Å². The number of rotatable bonds is 2. The smallest absolute Gasteiger partial charge is 0.380 e. The quantitative estimate of drug-likeness (QED) is 0.767. The average Bonchev–Trinajstić information content (AvgIpc) is 2.04. The van der Waals surface area contributed by atoms with Crippen LogP contribution in [0.3, 0.4) is 0 Å². The fraction of sp³-hybridized carbons (Fsp3) is 0.125. The Labute approximate surface area is 73.1 Å². The highest BCUT2D eigenvalue weighted by atomic mass is 19.3. The number of carbonyl (C=O) groups is 1. The Hall–Kier alpha value is -1.65. The van der Waals surface area contributed by atoms with Crippen LogP contribution >= 0.6 is 0 Å². The largest absolute Gasteiger partial charge is 0.429 e. The second-order valence-electron chi connectivity index (χ2n) is 2.30. The molecule has 1 aromatic carbocycles. The maximum absolute atomic E-state index is 12.9. The molecule has 0 saturated heterocycles. The number of hydrogen-bond donors (Lipinski definition) is 1. The van der Waals surface area contributed by atoms with E-state index in [1.807, 2.05) is 0 Å². The second kappa shape index (κ2) is 3.38. The van der Waals surface area contributed by atoms with Crippen LogP contribution in [-0.2, 0) is 10.8 Å². The van der Waals surface area contributed by atoms with Crippen molar-refractivity contribution in [3.63, 3.8) is 0 Å². The van der Waals surface area contributed by atoms with E-state index in [0.29, 0.717) is 0 Å². The molecule has 0 aromatic heterocycles. The van der Waals surface area contributed by atoms with Crippen molar-refractivity contribution in [1.82, 2.24) is 0 Å². The summed E-state index contributed by atoms with van der Waals surface area (Å²) < 4.78 is 29.4. The summed E-state index contributed by atoms with van der Waals surface area (Å²) in [7, 11) is 0. The summed E-state index contributed by atoms with van der Waals surface area (Å²) >= 11 is 0. The number of carbonyl (C=O) groups excluding carboxylic acids is 1. The molecule has 0 bridgehead atoms. The van der Waals surface area contributed by atoms with Crippen molar-refractivity contribution in [3.8, 4) is 0 Å². The summed E-state index contributed by atoms with van der Waals surface area (Å²) in [6.45, 7) is 0. The van der Waals surface area contributed by atoms with Gasteiger partial charge < -0.3 is 10.5 Å². The van der Waals surface area contributed by atoms with Crippen molar-refractivity contribution < 1.29 is 18.3 Å². The Balaban J connectivity index is 2.87. The van der Waals surface area contributed by atoms with Crippen LogP contribution in [0.25, 0.3) is 0 Å². The monoisotopic (exact) mass is 187 g/mol. The van der Waals surface area contributed by atoms with Gasteiger partial charge in [-0.3, -0.25) is 0 Å². The highest BCUT2D eigenvalue weighted by molar-refractivity contribution is 5.65. The van der Waals surface area contributed by atoms with Crippen LogP contribution in [0.4, 0.5) is 13.6 Å². The number of primary amides is 1. The molecule has 0 unspecified atom stereocenters. The zero-order valence-electron chi connectivity index (χ0n) is 6.54. The van der Waals surface area contributed by atoms with Crippen LogP contribution in [0.5, 0.6) is 0 Å². The molecule has 0 radical (unpaired) electrons. The van der Waals surface area contributed by atoms with Crippen molar-refractivity contribution in [2.24, 2.45) is 5.73 Å². The Morgan fingerprint density at radius 1 is 1.31 bits per heavy atom. The molecule has 1 rings (SSSR count). The Morgan fingerprint density at radius 3 is 2.31 bits per heavy atom. The third kappa shape index (κ3) is 2.40. The van der Waals surface area contributed by atoms with Gasteiger partial charge in [-0.25, -0.2) is 4.79 Å². The van der Waals surface area contributed by atoms with E-state index in [9.17, 15) is 13.6 Å². The van der Waals surface area contributed by atoms with Gasteiger partial charge in [0.1, 0.15) is 0 Å². The number of hydrogen-bond acceptors (Lipinski definition) is 2. The zero-order chi connectivity index (χ0) is 9.90. The predicted molar refractivity (Wildman–Crippen MR) is 41.0 cm³/mol. The lowest BCUT2D eigenvalue weighted by Gasteiger charge is -2.14. The van der Waals surface area contributed by atoms with E-state index in [0.717, 1.165) is 12.1 Å². The van der Waals surface area contributed by atoms with Gasteiger partial charge in [0.05, 0.1) is 5.56 Å². The molecule has 0 heterocycles. The first-order chi connectivity index (χ1) is 6.02. The molecule has 0 fully saturated rings. The highest BCUT2D eigenvalue weighted by Crippen LogP contribution is 2.28. The summed E-state index contributed by atoms with van der Waals surface area (Å²) in [5.41, 5.74) is 4.07. The number of nitrogens with two attached hydrogens (primary N) is 1. The van der Waals surface area contributed by atoms with Crippen LogP contribution in [0.2, 0.25) is 0 Å². The average molecular weight is 187 g/mol. The molecule has 1 aromatic rings. The molecule has 2 N–H and O–H groups in total. The van der Waals surface area contributed by atoms with Crippen molar-refractivity contribution in [3.05, 3.63) is 35.9 Å². The van der Waals surface area contributed by atoms with E-state index >= 15 is 0 Å². The summed E-state index contributed by atoms with van der Waals surface area (Å²) in [6.07, 6.45) is -5.17. The first kappa shape index (κ1) is 9.44. The number of benzene rings is 1. The van der Waals surface area contributed by atoms with Gasteiger partial charge in [-0.05, 0) is 12.1 Å². The topological polar surface area (TPSA) is 52.3 Å². The van der Waals surface area contributed by atoms with Gasteiger partial charge in [0.2, 0.25) is 0 Å². The molecule has 1 amide bonds. The van der Waals surface area contributed by atoms with Gasteiger partial charge >= 0.3 is 12.2 Å². The number of halogens is 2. The molecule has 3 nitrogen and oxygen atoms in total. The molecule has 70 valence electrons. The predicted octanol–water partition coefficient (Wildman–Crippen LogP) is 1.83. The fourth-order valence-corrected chi connectivity index (χ4v) is 0.817. The first-order valence-electron chi connectivity index (χ1n) is 3.44. The minimum atomic E-state index is -3.66. The van der Waals surface area contributed by atoms with E-state index in [4.69, 9.17) is 0 Å². The van der Waals surface area contributed by atoms with E-state index < -0.39 is 17.8 Å². The van der Waals surface area contributed by atoms with Crippen molar-refractivity contribution in [2.75, 3.05) is 0 Å². The third-order valence-corrected chi connectivity index (χ3v) is 1.34. The number of alkyl halides is 2. The lowest BCUT2D eigenvalue weighted by molar-refractivity contribution is -0.205. The van der Waals surface area contributed by atoms with Crippen molar-refractivity contribution >= 4 is 6.09 Å². The SMILES string of the molecule is NC(=O)OC(F)(F)c1ccccc1. The van der Waals surface area contributed by atoms with Crippen LogP contribution in [0.15, 0.2) is 30.3 Å². The van der Waals surface area contributed by atoms with E-state index in [-0.39, 0.29) is 0 Å². The van der Waals surface area contributed by atoms with Crippen LogP contribution < -0.4 is 5.73 Å². The van der Waals surface area contributed by atoms with Gasteiger partial charge in [0, 0.05) is 0 Å². The van der Waals surface area contributed by atoms with Crippen LogP contribution in [-0.4, -0.2) is 6.09 Å². The zero-order valence-corrected chi connectivity index (χ0v) is 6.54. The van der Waals surface area contributed by atoms with Gasteiger partial charge in [0.15, 0.2) is 0 Å². The summed E-state index contributed by atoms with van der Waals surface area (Å²) in [5.74, 6) is 0. The molecule has 0 aliphatic carbocycles. The molecule has 0 aliphatic heterocycles. The number of amides is 1. The lowest BCUT2D eigenvalue weighted by atomic mass is 10.2. The Morgan fingerprint density at radius 2 is 1.85 bits per heavy atom. The first-order valence-corrected chi connectivity index (χ1v) is 3.44. The molecule has 5 heteroatoms. The summed E-state index contributed by atoms with van der Waals surface area (Å²) in [4.78, 5) is 10.1. The minimum Gasteiger partial charge on any atom is -0.380 e. The molecule has 13 heavy (non-hydrogen) atoms. The van der Waals surface area contributed by atoms with Crippen molar-refractivity contribution in [2.45, 2.75) is 6.11 Å². The molecule has 0 saturated carbocycles. The molecule has 0 atom stereocenters. The van der Waals surface area contributed by atoms with Gasteiger partial charge in [0.25, 0.3) is 0 Å². The molecular formula is C8H7F2NO2.